The number of nitrogens with zero attached hydrogens (tertiary/aromatic N) is 4. The highest BCUT2D eigenvalue weighted by molar-refractivity contribution is 14.0. The minimum atomic E-state index is 0. The Morgan fingerprint density at radius 1 is 1.16 bits per heavy atom. The van der Waals surface area contributed by atoms with Crippen LogP contribution < -0.4 is 10.6 Å². The van der Waals surface area contributed by atoms with Crippen molar-refractivity contribution >= 4 is 53.5 Å². The number of aryl methyl sites for hydroxylation is 1. The number of aromatic nitrogens is 3. The molecule has 0 spiro atoms. The standard InChI is InChI=1S/C22H34N6S2.HI/c1-3-23-21(25-16-17-30-19-12-5-4-6-13-19)24-15-9-14-20-26-27-22(29-2)28(20)18-10-7-8-11-18;/h4-6,12-13,18H,3,7-11,14-17H2,1-2H3,(H2,23,24,25);1H. The van der Waals surface area contributed by atoms with Crippen LogP contribution in [0, 0.1) is 0 Å². The van der Waals surface area contributed by atoms with E-state index in [1.165, 1.54) is 30.6 Å². The predicted molar refractivity (Wildman–Crippen MR) is 144 cm³/mol. The highest BCUT2D eigenvalue weighted by Gasteiger charge is 2.23. The van der Waals surface area contributed by atoms with Crippen LogP contribution in [0.2, 0.25) is 0 Å². The summed E-state index contributed by atoms with van der Waals surface area (Å²) in [5.74, 6) is 3.03. The van der Waals surface area contributed by atoms with Crippen LogP contribution in [0.3, 0.4) is 0 Å². The van der Waals surface area contributed by atoms with Crippen molar-refractivity contribution in [1.82, 2.24) is 25.4 Å². The van der Waals surface area contributed by atoms with Crippen LogP contribution in [0.5, 0.6) is 0 Å². The second-order valence-electron chi connectivity index (χ2n) is 7.36. The summed E-state index contributed by atoms with van der Waals surface area (Å²) in [4.78, 5) is 6.05. The molecule has 1 aliphatic rings. The lowest BCUT2D eigenvalue weighted by Crippen LogP contribution is -2.38. The molecule has 0 atom stereocenters. The van der Waals surface area contributed by atoms with Crippen molar-refractivity contribution in [3.63, 3.8) is 0 Å². The lowest BCUT2D eigenvalue weighted by molar-refractivity contribution is 0.461. The van der Waals surface area contributed by atoms with Crippen molar-refractivity contribution < 1.29 is 0 Å². The molecule has 2 N–H and O–H groups in total. The van der Waals surface area contributed by atoms with Gasteiger partial charge in [-0.3, -0.25) is 4.99 Å². The van der Waals surface area contributed by atoms with Crippen LogP contribution in [0.1, 0.15) is 50.9 Å². The van der Waals surface area contributed by atoms with Crippen molar-refractivity contribution in [2.24, 2.45) is 4.99 Å². The van der Waals surface area contributed by atoms with E-state index in [-0.39, 0.29) is 24.0 Å². The number of nitrogens with one attached hydrogen (secondary N) is 2. The Morgan fingerprint density at radius 3 is 2.65 bits per heavy atom. The molecule has 0 aliphatic heterocycles. The average molecular weight is 575 g/mol. The van der Waals surface area contributed by atoms with Gasteiger partial charge in [0.1, 0.15) is 5.82 Å². The summed E-state index contributed by atoms with van der Waals surface area (Å²) < 4.78 is 2.39. The van der Waals surface area contributed by atoms with Crippen LogP contribution in [0.25, 0.3) is 0 Å². The molecule has 9 heteroatoms. The van der Waals surface area contributed by atoms with E-state index in [1.54, 1.807) is 11.8 Å². The Labute approximate surface area is 212 Å². The highest BCUT2D eigenvalue weighted by atomic mass is 127. The number of halogens is 1. The van der Waals surface area contributed by atoms with Gasteiger partial charge in [0.25, 0.3) is 0 Å². The van der Waals surface area contributed by atoms with E-state index in [1.807, 2.05) is 11.8 Å². The Hall–Kier alpha value is -0.940. The van der Waals surface area contributed by atoms with Crippen LogP contribution in [-0.2, 0) is 6.42 Å². The van der Waals surface area contributed by atoms with E-state index < -0.39 is 0 Å². The summed E-state index contributed by atoms with van der Waals surface area (Å²) in [7, 11) is 0. The summed E-state index contributed by atoms with van der Waals surface area (Å²) in [6.45, 7) is 4.64. The maximum Gasteiger partial charge on any atom is 0.191 e. The molecule has 172 valence electrons. The lowest BCUT2D eigenvalue weighted by Gasteiger charge is -2.16. The molecule has 31 heavy (non-hydrogen) atoms. The summed E-state index contributed by atoms with van der Waals surface area (Å²) in [5.41, 5.74) is 0. The van der Waals surface area contributed by atoms with Gasteiger partial charge in [0.15, 0.2) is 11.1 Å². The van der Waals surface area contributed by atoms with Gasteiger partial charge in [-0.1, -0.05) is 42.8 Å². The molecule has 1 aliphatic carbocycles. The Morgan fingerprint density at radius 2 is 1.94 bits per heavy atom. The minimum absolute atomic E-state index is 0. The molecule has 1 fully saturated rings. The third kappa shape index (κ3) is 8.49. The molecule has 0 unspecified atom stereocenters. The van der Waals surface area contributed by atoms with Gasteiger partial charge in [-0.25, -0.2) is 0 Å². The maximum atomic E-state index is 4.75. The molecular formula is C22H35IN6S2. The zero-order valence-electron chi connectivity index (χ0n) is 18.5. The van der Waals surface area contributed by atoms with Crippen molar-refractivity contribution in [2.75, 3.05) is 31.6 Å². The van der Waals surface area contributed by atoms with Crippen molar-refractivity contribution in [3.05, 3.63) is 36.2 Å². The molecule has 2 aromatic rings. The smallest absolute Gasteiger partial charge is 0.191 e. The van der Waals surface area contributed by atoms with Crippen LogP contribution >= 0.6 is 47.5 Å². The molecule has 1 heterocycles. The molecule has 1 aromatic carbocycles. The summed E-state index contributed by atoms with van der Waals surface area (Å²) in [6, 6.07) is 11.1. The minimum Gasteiger partial charge on any atom is -0.357 e. The van der Waals surface area contributed by atoms with Crippen LogP contribution in [-0.4, -0.2) is 52.4 Å². The van der Waals surface area contributed by atoms with Crippen molar-refractivity contribution in [1.29, 1.82) is 0 Å². The zero-order valence-corrected chi connectivity index (χ0v) is 22.5. The summed E-state index contributed by atoms with van der Waals surface area (Å²) >= 11 is 3.56. The Balaban J connectivity index is 0.00000341. The first-order valence-corrected chi connectivity index (χ1v) is 13.2. The molecule has 0 amide bonds. The molecule has 0 bridgehead atoms. The van der Waals surface area contributed by atoms with Gasteiger partial charge in [0.2, 0.25) is 0 Å². The third-order valence-electron chi connectivity index (χ3n) is 5.19. The van der Waals surface area contributed by atoms with E-state index in [2.05, 4.69) is 68.9 Å². The average Bonchev–Trinajstić information content (AvgIpc) is 3.44. The van der Waals surface area contributed by atoms with Gasteiger partial charge >= 0.3 is 0 Å². The Kier molecular flexibility index (Phi) is 12.7. The predicted octanol–water partition coefficient (Wildman–Crippen LogP) is 5.01. The first kappa shape index (κ1) is 26.3. The second-order valence-corrected chi connectivity index (χ2v) is 9.31. The molecule has 1 aromatic heterocycles. The van der Waals surface area contributed by atoms with E-state index in [9.17, 15) is 0 Å². The molecule has 3 rings (SSSR count). The van der Waals surface area contributed by atoms with Crippen LogP contribution in [0.15, 0.2) is 45.4 Å². The molecule has 0 radical (unpaired) electrons. The van der Waals surface area contributed by atoms with Gasteiger partial charge in [-0.15, -0.1) is 45.9 Å². The number of thioether (sulfide) groups is 2. The van der Waals surface area contributed by atoms with Gasteiger partial charge < -0.3 is 15.2 Å². The van der Waals surface area contributed by atoms with Gasteiger partial charge in [-0.2, -0.15) is 0 Å². The van der Waals surface area contributed by atoms with E-state index >= 15 is 0 Å². The summed E-state index contributed by atoms with van der Waals surface area (Å²) in [6.07, 6.45) is 9.15. The fourth-order valence-corrected chi connectivity index (χ4v) is 5.13. The second kappa shape index (κ2) is 15.0. The number of hydrogen-bond donors (Lipinski definition) is 2. The third-order valence-corrected chi connectivity index (χ3v) is 6.84. The molecule has 6 nitrogen and oxygen atoms in total. The Bertz CT molecular complexity index is 778. The van der Waals surface area contributed by atoms with Crippen molar-refractivity contribution in [3.8, 4) is 0 Å². The first-order chi connectivity index (χ1) is 14.8. The zero-order chi connectivity index (χ0) is 21.0. The monoisotopic (exact) mass is 574 g/mol. The number of benzene rings is 1. The van der Waals surface area contributed by atoms with Gasteiger partial charge in [0, 0.05) is 42.7 Å². The summed E-state index contributed by atoms with van der Waals surface area (Å²) in [5, 5.41) is 16.7. The maximum absolute atomic E-state index is 4.75. The number of aliphatic imine (C=N–C) groups is 1. The molecular weight excluding hydrogens is 539 g/mol. The SMILES string of the molecule is CCNC(=NCCCc1nnc(SC)n1C1CCCC1)NCCSc1ccccc1.I. The quantitative estimate of drug-likeness (QED) is 0.129. The van der Waals surface area contributed by atoms with E-state index in [0.717, 1.165) is 55.2 Å². The van der Waals surface area contributed by atoms with E-state index in [4.69, 9.17) is 4.99 Å². The molecule has 0 saturated heterocycles. The van der Waals surface area contributed by atoms with Crippen LogP contribution in [0.4, 0.5) is 0 Å². The topological polar surface area (TPSA) is 67.1 Å². The highest BCUT2D eigenvalue weighted by Crippen LogP contribution is 2.33. The largest absolute Gasteiger partial charge is 0.357 e. The number of rotatable bonds is 11. The fourth-order valence-electron chi connectivity index (χ4n) is 3.77. The fraction of sp³-hybridized carbons (Fsp3) is 0.591. The molecule has 1 saturated carbocycles. The van der Waals surface area contributed by atoms with Gasteiger partial charge in [-0.05, 0) is 44.6 Å². The van der Waals surface area contributed by atoms with E-state index in [0.29, 0.717) is 6.04 Å². The normalized spacial score (nSPS) is 14.5. The first-order valence-electron chi connectivity index (χ1n) is 11.0. The number of guanidine groups is 1. The van der Waals surface area contributed by atoms with Gasteiger partial charge in [0.05, 0.1) is 0 Å². The van der Waals surface area contributed by atoms with Crippen molar-refractivity contribution in [2.45, 2.75) is 61.5 Å². The lowest BCUT2D eigenvalue weighted by atomic mass is 10.2. The number of hydrogen-bond acceptors (Lipinski definition) is 5.